The lowest BCUT2D eigenvalue weighted by molar-refractivity contribution is -0.0528. The van der Waals surface area contributed by atoms with Crippen LogP contribution in [0.4, 0.5) is 0 Å². The Morgan fingerprint density at radius 3 is 2.64 bits per heavy atom. The Morgan fingerprint density at radius 2 is 1.96 bits per heavy atom. The maximum absolute atomic E-state index is 11.0. The highest BCUT2D eigenvalue weighted by atomic mass is 16.5. The predicted octanol–water partition coefficient (Wildman–Crippen LogP) is 5.18. The number of aliphatic hydroxyl groups excluding tert-OH is 1. The number of benzene rings is 1. The van der Waals surface area contributed by atoms with Gasteiger partial charge >= 0.3 is 0 Å². The molecule has 0 aromatic heterocycles. The van der Waals surface area contributed by atoms with Crippen LogP contribution in [0, 0.1) is 28.6 Å². The summed E-state index contributed by atoms with van der Waals surface area (Å²) in [7, 11) is 1.76. The number of rotatable bonds is 2. The Kier molecular flexibility index (Phi) is 3.99. The van der Waals surface area contributed by atoms with Gasteiger partial charge in [-0.25, -0.2) is 0 Å². The number of ether oxygens (including phenoxy) is 1. The lowest BCUT2D eigenvalue weighted by atomic mass is 9.50. The summed E-state index contributed by atoms with van der Waals surface area (Å²) in [6.45, 7) is 9.58. The van der Waals surface area contributed by atoms with Crippen LogP contribution in [0.5, 0.6) is 5.75 Å². The van der Waals surface area contributed by atoms with Crippen LogP contribution in [0.15, 0.2) is 18.2 Å². The highest BCUT2D eigenvalue weighted by Crippen LogP contribution is 2.68. The van der Waals surface area contributed by atoms with E-state index in [1.165, 1.54) is 18.4 Å². The molecular weight excluding hydrogens is 308 g/mol. The molecule has 0 bridgehead atoms. The molecule has 0 heterocycles. The number of hydrogen-bond donors (Lipinski definition) is 1. The lowest BCUT2D eigenvalue weighted by Crippen LogP contribution is -2.48. The van der Waals surface area contributed by atoms with E-state index in [1.54, 1.807) is 12.7 Å². The molecular formula is C23H34O2. The summed E-state index contributed by atoms with van der Waals surface area (Å²) in [5.41, 5.74) is 3.41. The summed E-state index contributed by atoms with van der Waals surface area (Å²) in [5, 5.41) is 11.0. The quantitative estimate of drug-likeness (QED) is 0.802. The van der Waals surface area contributed by atoms with Crippen molar-refractivity contribution < 1.29 is 9.84 Å². The van der Waals surface area contributed by atoms with Gasteiger partial charge in [-0.15, -0.1) is 0 Å². The summed E-state index contributed by atoms with van der Waals surface area (Å²) >= 11 is 0. The molecule has 6 atom stereocenters. The molecule has 1 N–H and O–H groups in total. The molecule has 2 nitrogen and oxygen atoms in total. The summed E-state index contributed by atoms with van der Waals surface area (Å²) in [6, 6.07) is 6.72. The monoisotopic (exact) mass is 342 g/mol. The number of aryl methyl sites for hydroxylation is 1. The van der Waals surface area contributed by atoms with Gasteiger partial charge in [0.2, 0.25) is 0 Å². The lowest BCUT2D eigenvalue weighted by Gasteiger charge is -2.54. The topological polar surface area (TPSA) is 29.5 Å². The molecule has 2 fully saturated rings. The van der Waals surface area contributed by atoms with Crippen LogP contribution >= 0.6 is 0 Å². The molecule has 1 aromatic carbocycles. The van der Waals surface area contributed by atoms with Crippen molar-refractivity contribution in [2.24, 2.45) is 28.6 Å². The second kappa shape index (κ2) is 5.74. The van der Waals surface area contributed by atoms with Crippen LogP contribution < -0.4 is 4.74 Å². The molecule has 0 saturated heterocycles. The van der Waals surface area contributed by atoms with E-state index >= 15 is 0 Å². The van der Waals surface area contributed by atoms with Gasteiger partial charge in [0.05, 0.1) is 13.2 Å². The number of aliphatic hydroxyl groups is 1. The van der Waals surface area contributed by atoms with Crippen LogP contribution in [-0.2, 0) is 6.42 Å². The fourth-order valence-corrected chi connectivity index (χ4v) is 6.91. The minimum absolute atomic E-state index is 0.101. The smallest absolute Gasteiger partial charge is 0.119 e. The zero-order valence-corrected chi connectivity index (χ0v) is 16.5. The Balaban J connectivity index is 1.76. The van der Waals surface area contributed by atoms with Crippen LogP contribution in [-0.4, -0.2) is 18.3 Å². The van der Waals surface area contributed by atoms with Gasteiger partial charge < -0.3 is 9.84 Å². The minimum Gasteiger partial charge on any atom is -0.497 e. The van der Waals surface area contributed by atoms with Crippen molar-refractivity contribution in [2.75, 3.05) is 7.11 Å². The van der Waals surface area contributed by atoms with Gasteiger partial charge in [0.1, 0.15) is 5.75 Å². The van der Waals surface area contributed by atoms with E-state index in [-0.39, 0.29) is 16.9 Å². The number of hydrogen-bond acceptors (Lipinski definition) is 2. The third-order valence-electron chi connectivity index (χ3n) is 8.57. The van der Waals surface area contributed by atoms with Crippen LogP contribution in [0.1, 0.15) is 70.4 Å². The molecule has 0 amide bonds. The molecule has 0 unspecified atom stereocenters. The minimum atomic E-state index is -0.136. The van der Waals surface area contributed by atoms with Crippen molar-refractivity contribution in [3.63, 3.8) is 0 Å². The van der Waals surface area contributed by atoms with E-state index in [0.29, 0.717) is 23.7 Å². The van der Waals surface area contributed by atoms with Crippen molar-refractivity contribution >= 4 is 0 Å². The summed E-state index contributed by atoms with van der Waals surface area (Å²) in [6.07, 6.45) is 5.65. The molecule has 0 spiro atoms. The zero-order chi connectivity index (χ0) is 18.0. The van der Waals surface area contributed by atoms with Crippen molar-refractivity contribution in [1.29, 1.82) is 0 Å². The Bertz CT molecular complexity index is 666. The predicted molar refractivity (Wildman–Crippen MR) is 102 cm³/mol. The summed E-state index contributed by atoms with van der Waals surface area (Å²) in [4.78, 5) is 0. The van der Waals surface area contributed by atoms with Crippen molar-refractivity contribution in [3.05, 3.63) is 29.3 Å². The maximum atomic E-state index is 11.0. The average Bonchev–Trinajstić information content (AvgIpc) is 2.81. The number of methoxy groups -OCH3 is 1. The SMILES string of the molecule is COc1ccc2c(c1)CC[C@@H]1[C@@H]2CC[C@]2(C)[C@@H](O)C[C@@](C)(C(C)C)[C@@H]12. The first-order chi connectivity index (χ1) is 11.8. The second-order valence-corrected chi connectivity index (χ2v) is 9.78. The third kappa shape index (κ3) is 2.32. The molecule has 1 aromatic rings. The standard InChI is InChI=1S/C23H34O2/c1-14(2)23(4)13-20(24)22(3)11-10-18-17-9-7-16(25-5)12-15(17)6-8-19(18)21(22)23/h7,9,12,14,18-21,24H,6,8,10-11,13H2,1-5H3/t18-,19-,20+,21+,22-,23+/m1/s1. The van der Waals surface area contributed by atoms with Gasteiger partial charge in [-0.3, -0.25) is 0 Å². The zero-order valence-electron chi connectivity index (χ0n) is 16.5. The van der Waals surface area contributed by atoms with Crippen LogP contribution in [0.3, 0.4) is 0 Å². The van der Waals surface area contributed by atoms with Gasteiger partial charge in [-0.1, -0.05) is 33.8 Å². The molecule has 138 valence electrons. The van der Waals surface area contributed by atoms with Crippen LogP contribution in [0.2, 0.25) is 0 Å². The fourth-order valence-electron chi connectivity index (χ4n) is 6.91. The van der Waals surface area contributed by atoms with Crippen molar-refractivity contribution in [1.82, 2.24) is 0 Å². The van der Waals surface area contributed by atoms with E-state index < -0.39 is 0 Å². The van der Waals surface area contributed by atoms with Crippen molar-refractivity contribution in [3.8, 4) is 5.75 Å². The molecule has 2 heteroatoms. The van der Waals surface area contributed by atoms with Gasteiger partial charge in [-0.05, 0) is 89.9 Å². The molecule has 0 radical (unpaired) electrons. The second-order valence-electron chi connectivity index (χ2n) is 9.78. The molecule has 4 rings (SSSR count). The highest BCUT2D eigenvalue weighted by molar-refractivity contribution is 5.41. The van der Waals surface area contributed by atoms with Gasteiger partial charge in [0, 0.05) is 0 Å². The first-order valence-corrected chi connectivity index (χ1v) is 10.2. The summed E-state index contributed by atoms with van der Waals surface area (Å²) in [5.74, 6) is 3.61. The van der Waals surface area contributed by atoms with Crippen LogP contribution in [0.25, 0.3) is 0 Å². The van der Waals surface area contributed by atoms with Gasteiger partial charge in [-0.2, -0.15) is 0 Å². The normalized spacial score (nSPS) is 42.7. The molecule has 0 aliphatic heterocycles. The summed E-state index contributed by atoms with van der Waals surface area (Å²) < 4.78 is 5.45. The van der Waals surface area contributed by atoms with E-state index in [1.807, 2.05) is 0 Å². The van der Waals surface area contributed by atoms with E-state index in [4.69, 9.17) is 4.74 Å². The average molecular weight is 343 g/mol. The van der Waals surface area contributed by atoms with Gasteiger partial charge in [0.15, 0.2) is 0 Å². The Hall–Kier alpha value is -1.02. The fraction of sp³-hybridized carbons (Fsp3) is 0.739. The molecule has 3 aliphatic carbocycles. The van der Waals surface area contributed by atoms with Crippen molar-refractivity contribution in [2.45, 2.75) is 71.8 Å². The molecule has 2 saturated carbocycles. The van der Waals surface area contributed by atoms with E-state index in [0.717, 1.165) is 25.0 Å². The van der Waals surface area contributed by atoms with Gasteiger partial charge in [0.25, 0.3) is 0 Å². The maximum Gasteiger partial charge on any atom is 0.119 e. The van der Waals surface area contributed by atoms with E-state index in [9.17, 15) is 5.11 Å². The Morgan fingerprint density at radius 1 is 1.20 bits per heavy atom. The highest BCUT2D eigenvalue weighted by Gasteiger charge is 2.63. The third-order valence-corrected chi connectivity index (χ3v) is 8.57. The van der Waals surface area contributed by atoms with E-state index in [2.05, 4.69) is 45.9 Å². The Labute approximate surface area is 153 Å². The first-order valence-electron chi connectivity index (χ1n) is 10.2. The largest absolute Gasteiger partial charge is 0.497 e. The molecule has 3 aliphatic rings. The first kappa shape index (κ1) is 17.4. The number of fused-ring (bicyclic) bond motifs is 5. The molecule has 25 heavy (non-hydrogen) atoms.